The lowest BCUT2D eigenvalue weighted by Gasteiger charge is -2.43. The zero-order valence-electron chi connectivity index (χ0n) is 72.1. The highest BCUT2D eigenvalue weighted by Crippen LogP contribution is 2.38. The normalized spacial score (nSPS) is 26.3. The van der Waals surface area contributed by atoms with E-state index in [1.165, 1.54) is 26.4 Å². The van der Waals surface area contributed by atoms with Gasteiger partial charge < -0.3 is 99.4 Å². The predicted molar refractivity (Wildman–Crippen MR) is 451 cm³/mol. The molecule has 35 heteroatoms. The van der Waals surface area contributed by atoms with E-state index in [-0.39, 0.29) is 80.8 Å². The summed E-state index contributed by atoms with van der Waals surface area (Å²) >= 11 is 0. The molecule has 122 heavy (non-hydrogen) atoms. The first kappa shape index (κ1) is 97.1. The number of esters is 1. The van der Waals surface area contributed by atoms with E-state index in [1.54, 1.807) is 70.0 Å². The highest BCUT2D eigenvalue weighted by atomic mass is 16.6. The van der Waals surface area contributed by atoms with Gasteiger partial charge in [0.05, 0.1) is 128 Å². The number of pyridine rings is 1. The van der Waals surface area contributed by atoms with Gasteiger partial charge in [-0.15, -0.1) is 5.10 Å². The average molecular weight is 1710 g/mol. The Morgan fingerprint density at radius 2 is 1.49 bits per heavy atom. The van der Waals surface area contributed by atoms with Crippen LogP contribution in [0.1, 0.15) is 156 Å². The van der Waals surface area contributed by atoms with Crippen LogP contribution in [-0.4, -0.2) is 280 Å². The van der Waals surface area contributed by atoms with E-state index in [4.69, 9.17) is 68.7 Å². The number of allylic oxidation sites excluding steroid dienone is 6. The number of hydrogen-bond donors (Lipinski definition) is 8. The number of aromatic amines is 1. The van der Waals surface area contributed by atoms with Gasteiger partial charge in [0.25, 0.3) is 11.7 Å². The lowest BCUT2D eigenvalue weighted by molar-refractivity contribution is -0.264. The Hall–Kier alpha value is -8.69. The Labute approximate surface area is 713 Å². The van der Waals surface area contributed by atoms with Crippen molar-refractivity contribution < 1.29 is 101 Å². The number of ketones is 3. The van der Waals surface area contributed by atoms with Gasteiger partial charge in [-0.05, 0) is 146 Å². The molecule has 3 amide bonds. The van der Waals surface area contributed by atoms with Crippen molar-refractivity contribution in [3.05, 3.63) is 90.3 Å². The number of aromatic nitrogens is 9. The Morgan fingerprint density at radius 3 is 2.21 bits per heavy atom. The smallest absolute Gasteiger partial charge is 0.407 e. The first-order valence-corrected chi connectivity index (χ1v) is 43.2. The van der Waals surface area contributed by atoms with E-state index in [2.05, 4.69) is 40.9 Å². The molecular weight excluding hydrogens is 1580 g/mol. The molecule has 4 aliphatic rings. The Kier molecular flexibility index (Phi) is 40.0. The second-order valence-corrected chi connectivity index (χ2v) is 32.5. The summed E-state index contributed by atoms with van der Waals surface area (Å²) in [5, 5.41) is 55.6. The number of alkyl carbamates (subject to hydrolysis) is 1. The van der Waals surface area contributed by atoms with Crippen LogP contribution in [0, 0.1) is 29.6 Å². The molecule has 2 saturated heterocycles. The maximum atomic E-state index is 14.7. The van der Waals surface area contributed by atoms with Crippen LogP contribution in [-0.2, 0) is 100 Å². The number of rotatable bonds is 38. The predicted octanol–water partition coefficient (Wildman–Crippen LogP) is 6.92. The molecule has 5 aromatic rings. The average Bonchev–Trinajstić information content (AvgIpc) is 1.43. The quantitative estimate of drug-likeness (QED) is 0.00860. The first-order chi connectivity index (χ1) is 58.8. The number of aliphatic hydroxyl groups excluding tert-OH is 2. The monoisotopic (exact) mass is 1710 g/mol. The molecule has 1 aliphatic carbocycles. The van der Waals surface area contributed by atoms with Crippen LogP contribution in [0.2, 0.25) is 0 Å². The van der Waals surface area contributed by atoms with Crippen molar-refractivity contribution in [2.45, 2.75) is 231 Å². The third-order valence-corrected chi connectivity index (χ3v) is 23.1. The minimum atomic E-state index is -2.59. The molecule has 0 unspecified atom stereocenters. The summed E-state index contributed by atoms with van der Waals surface area (Å²) in [6.07, 6.45) is 18.8. The van der Waals surface area contributed by atoms with Crippen molar-refractivity contribution in [3.8, 4) is 11.3 Å². The fraction of sp³-hybridized carbons (Fsp3) is 0.667. The molecule has 3 fully saturated rings. The zero-order valence-corrected chi connectivity index (χ0v) is 72.1. The number of nitrogens with zero attached hydrogens (tertiary/aromatic N) is 9. The Bertz CT molecular complexity index is 4260. The van der Waals surface area contributed by atoms with E-state index < -0.39 is 101 Å². The number of H-pyrrole nitrogens is 1. The van der Waals surface area contributed by atoms with E-state index in [0.29, 0.717) is 185 Å². The van der Waals surface area contributed by atoms with Gasteiger partial charge in [-0.3, -0.25) is 24.0 Å². The molecule has 0 spiro atoms. The molecular formula is C87H130N14O21. The molecule has 10 N–H and O–H groups in total. The first-order valence-electron chi connectivity index (χ1n) is 43.2. The SMILES string of the molecule is COC(=O)N[C@H]1C[C@@H]2CC[C@@H](C)[C@@](O)(O2)C(=O)C(=O)N2CCCC[C@H]2C(=O)O[C@H]([C@H](N)C[C@@H]2CC[C@@H](OCCCCc3cn(CCOCCOCCOCCOCCOCCOCCC(=O)NCCCCn4nc(-c5cnc6[nH]ccc6c5)c5c(N)ncnc54)nn3)[C@H](OC)C2)CC(=O)[C@H](C)/C=C(\C)[C@@H](O)[C@@H](O)C(=O)[C@H](C)C[C@H](C)/C=C/C=CC=C1C. The van der Waals surface area contributed by atoms with Crippen molar-refractivity contribution in [1.29, 1.82) is 0 Å². The number of nitrogens with one attached hydrogen (secondary N) is 3. The third kappa shape index (κ3) is 29.5. The van der Waals surface area contributed by atoms with Crippen LogP contribution in [0.25, 0.3) is 33.3 Å². The highest BCUT2D eigenvalue weighted by Gasteiger charge is 2.53. The molecule has 35 nitrogen and oxygen atoms in total. The number of fused-ring (bicyclic) bond motifs is 5. The van der Waals surface area contributed by atoms with Crippen molar-refractivity contribution in [3.63, 3.8) is 0 Å². The second-order valence-electron chi connectivity index (χ2n) is 32.5. The molecule has 0 radical (unpaired) electrons. The largest absolute Gasteiger partial charge is 0.459 e. The van der Waals surface area contributed by atoms with Crippen LogP contribution >= 0.6 is 0 Å². The number of Topliss-reactive ketones (excluding diaryl/α,β-unsaturated/α-hetero) is 3. The number of unbranched alkanes of at least 4 members (excludes halogenated alkanes) is 2. The summed E-state index contributed by atoms with van der Waals surface area (Å²) in [7, 11) is 2.86. The van der Waals surface area contributed by atoms with Gasteiger partial charge >= 0.3 is 12.1 Å². The van der Waals surface area contributed by atoms with Gasteiger partial charge in [0.1, 0.15) is 53.6 Å². The Morgan fingerprint density at radius 1 is 0.770 bits per heavy atom. The minimum Gasteiger partial charge on any atom is -0.459 e. The summed E-state index contributed by atoms with van der Waals surface area (Å²) in [4.78, 5) is 114. The van der Waals surface area contributed by atoms with Crippen LogP contribution in [0.3, 0.4) is 0 Å². The third-order valence-electron chi connectivity index (χ3n) is 23.1. The number of ether oxygens (including phenoxy) is 11. The van der Waals surface area contributed by atoms with Crippen molar-refractivity contribution in [2.75, 3.05) is 119 Å². The lowest BCUT2D eigenvalue weighted by Crippen LogP contribution is -2.61. The highest BCUT2D eigenvalue weighted by molar-refractivity contribution is 6.39. The lowest BCUT2D eigenvalue weighted by atomic mass is 9.80. The summed E-state index contributed by atoms with van der Waals surface area (Å²) in [6.45, 7) is 17.0. The number of nitrogen functional groups attached to an aromatic ring is 1. The molecule has 15 atom stereocenters. The number of aryl methyl sites for hydroxylation is 2. The molecule has 1 saturated carbocycles. The number of piperidine rings is 1. The molecule has 9 rings (SSSR count). The van der Waals surface area contributed by atoms with Crippen LogP contribution < -0.4 is 22.1 Å². The molecule has 5 aromatic heterocycles. The van der Waals surface area contributed by atoms with Gasteiger partial charge in [-0.1, -0.05) is 74.9 Å². The number of amides is 3. The maximum absolute atomic E-state index is 14.7. The van der Waals surface area contributed by atoms with E-state index in [0.717, 1.165) is 52.9 Å². The van der Waals surface area contributed by atoms with Crippen molar-refractivity contribution in [2.24, 2.45) is 35.3 Å². The number of cyclic esters (lactones) is 1. The van der Waals surface area contributed by atoms with E-state index in [9.17, 15) is 48.9 Å². The topological polar surface area (TPSA) is 464 Å². The number of aliphatic hydroxyl groups is 3. The van der Waals surface area contributed by atoms with E-state index >= 15 is 0 Å². The number of carbonyl (C=O) groups excluding carboxylic acids is 7. The standard InChI is InChI=1S/C87H130N14O21/c1-56-18-10-9-11-19-57(2)68(95-86(110)113-8)51-66-24-22-61(6)87(111,122-66)80(107)84(108)100-30-15-12-21-69(100)85(109)121-72(52-70(102)58(3)47-60(5)78(105)79(106)77(104)59(4)46-56)67(88)48-62-23-25-71(73(49-62)112-7)120-33-17-13-20-65-54-99(98-96-65)32-35-115-37-39-117-41-43-119-45-44-118-42-40-116-38-36-114-34-27-74(103)90-28-14-16-31-101-83-75(81(89)93-55-94-83)76(97-101)64-50-63-26-29-91-82(63)92-53-64/h9-11,18-19,26,29,47,50,53-56,58-59,61-62,66-69,71-73,78-79,105-106,111H,12-17,20-25,27-28,30-46,48-49,51-52,88H2,1-8H3,(H,90,103)(H,91,92)(H,95,110)(H2,89,93,94)/b11-9?,18-10+,57-19?,60-47+/t56-,58-,59-,61-,62+,66+,67-,68+,69+,71-,72+,73-,78-,79+,87-/m1/s1. The fourth-order valence-corrected chi connectivity index (χ4v) is 15.9. The second kappa shape index (κ2) is 50.3. The maximum Gasteiger partial charge on any atom is 0.407 e. The Balaban J connectivity index is 0.626. The number of nitrogens with two attached hydrogens (primary N) is 2. The van der Waals surface area contributed by atoms with Crippen molar-refractivity contribution >= 4 is 69.1 Å². The summed E-state index contributed by atoms with van der Waals surface area (Å²) in [5.74, 6) is -9.13. The van der Waals surface area contributed by atoms with Gasteiger partial charge in [0, 0.05) is 99.5 Å². The minimum absolute atomic E-state index is 0.0155. The van der Waals surface area contributed by atoms with Crippen LogP contribution in [0.15, 0.2) is 84.7 Å². The number of hydrogen-bond acceptors (Lipinski definition) is 29. The van der Waals surface area contributed by atoms with Gasteiger partial charge in [-0.2, -0.15) is 5.10 Å². The van der Waals surface area contributed by atoms with Crippen molar-refractivity contribution in [1.82, 2.24) is 60.2 Å². The zero-order chi connectivity index (χ0) is 87.5. The summed E-state index contributed by atoms with van der Waals surface area (Å²) in [5.41, 5.74) is 18.0. The molecule has 2 bridgehead atoms. The van der Waals surface area contributed by atoms with Gasteiger partial charge in [-0.25, -0.2) is 33.9 Å². The van der Waals surface area contributed by atoms with Gasteiger partial charge in [0.2, 0.25) is 11.7 Å². The number of anilines is 1. The summed E-state index contributed by atoms with van der Waals surface area (Å²) < 4.78 is 67.3. The van der Waals surface area contributed by atoms with Gasteiger partial charge in [0.15, 0.2) is 11.4 Å². The molecule has 0 aromatic carbocycles. The number of carbonyl (C=O) groups is 7. The molecule has 3 aliphatic heterocycles. The molecule has 674 valence electrons. The van der Waals surface area contributed by atoms with E-state index in [1.807, 2.05) is 42.2 Å². The van der Waals surface area contributed by atoms with Crippen LogP contribution in [0.5, 0.6) is 0 Å². The fourth-order valence-electron chi connectivity index (χ4n) is 15.9. The number of methoxy groups -OCH3 is 2. The van der Waals surface area contributed by atoms with Crippen LogP contribution in [0.4, 0.5) is 10.6 Å². The molecule has 8 heterocycles. The summed E-state index contributed by atoms with van der Waals surface area (Å²) in [6, 6.07) is 1.07.